The van der Waals surface area contributed by atoms with E-state index >= 15 is 0 Å². The van der Waals surface area contributed by atoms with Crippen LogP contribution in [0, 0.1) is 13.8 Å². The molecule has 0 bridgehead atoms. The zero-order chi connectivity index (χ0) is 21.3. The van der Waals surface area contributed by atoms with Crippen LogP contribution in [-0.2, 0) is 19.1 Å². The molecule has 0 aliphatic carbocycles. The largest absolute Gasteiger partial charge is 0.471 e. The van der Waals surface area contributed by atoms with Crippen LogP contribution in [0.25, 0.3) is 22.3 Å². The van der Waals surface area contributed by atoms with Crippen LogP contribution in [0.2, 0.25) is 0 Å². The normalized spacial score (nSPS) is 12.2. The van der Waals surface area contributed by atoms with Crippen molar-refractivity contribution in [3.05, 3.63) is 53.4 Å². The number of hydrogen-bond donors (Lipinski definition) is 0. The van der Waals surface area contributed by atoms with Gasteiger partial charge in [-0.3, -0.25) is 0 Å². The number of rotatable bonds is 7. The molecule has 0 amide bonds. The predicted octanol–water partition coefficient (Wildman–Crippen LogP) is 5.73. The van der Waals surface area contributed by atoms with Crippen LogP contribution in [0.1, 0.15) is 42.2 Å². The summed E-state index contributed by atoms with van der Waals surface area (Å²) in [6.07, 6.45) is 1.31. The molecule has 0 spiro atoms. The summed E-state index contributed by atoms with van der Waals surface area (Å²) in [6.45, 7) is 4.70. The fraction of sp³-hybridized carbons (Fsp3) is 0.381. The summed E-state index contributed by atoms with van der Waals surface area (Å²) in [5, 5.41) is 8.30. The van der Waals surface area contributed by atoms with Crippen LogP contribution >= 0.6 is 0 Å². The number of fused-ring (bicyclic) bond motifs is 1. The first kappa shape index (κ1) is 20.2. The molecule has 30 heavy (non-hydrogen) atoms. The van der Waals surface area contributed by atoms with Gasteiger partial charge in [-0.2, -0.15) is 18.2 Å². The van der Waals surface area contributed by atoms with Crippen molar-refractivity contribution in [2.75, 3.05) is 0 Å². The monoisotopic (exact) mass is 418 g/mol. The van der Waals surface area contributed by atoms with Crippen molar-refractivity contribution in [2.45, 2.75) is 52.3 Å². The van der Waals surface area contributed by atoms with Gasteiger partial charge in [0.25, 0.3) is 0 Å². The molecule has 0 unspecified atom stereocenters. The van der Waals surface area contributed by atoms with E-state index in [0.29, 0.717) is 5.56 Å². The van der Waals surface area contributed by atoms with Crippen LogP contribution in [0.4, 0.5) is 13.2 Å². The quantitative estimate of drug-likeness (QED) is 0.359. The van der Waals surface area contributed by atoms with Crippen molar-refractivity contribution in [3.8, 4) is 11.4 Å². The summed E-state index contributed by atoms with van der Waals surface area (Å²) >= 11 is 0. The molecule has 0 saturated carbocycles. The SMILES string of the molecule is Cc1cc(CCCCCn2ccc3cc(-c4noc(C(F)(F)F)n4)cc(C)c32)on1. The smallest absolute Gasteiger partial charge is 0.361 e. The molecule has 3 heterocycles. The molecule has 4 aromatic rings. The molecule has 0 fully saturated rings. The summed E-state index contributed by atoms with van der Waals surface area (Å²) in [5.74, 6) is -0.492. The average Bonchev–Trinajstić information content (AvgIpc) is 3.40. The van der Waals surface area contributed by atoms with Crippen molar-refractivity contribution < 1.29 is 22.2 Å². The second-order valence-electron chi connectivity index (χ2n) is 7.41. The van der Waals surface area contributed by atoms with E-state index in [-0.39, 0.29) is 5.82 Å². The highest BCUT2D eigenvalue weighted by molar-refractivity contribution is 5.87. The number of aryl methyl sites for hydroxylation is 4. The van der Waals surface area contributed by atoms with Gasteiger partial charge in [0, 0.05) is 36.2 Å². The summed E-state index contributed by atoms with van der Waals surface area (Å²) in [6, 6.07) is 7.49. The number of hydrogen-bond acceptors (Lipinski definition) is 5. The van der Waals surface area contributed by atoms with Gasteiger partial charge in [-0.1, -0.05) is 16.7 Å². The van der Waals surface area contributed by atoms with Crippen LogP contribution < -0.4 is 0 Å². The fourth-order valence-corrected chi connectivity index (χ4v) is 3.63. The number of nitrogens with zero attached hydrogens (tertiary/aromatic N) is 4. The molecule has 6 nitrogen and oxygen atoms in total. The van der Waals surface area contributed by atoms with Gasteiger partial charge in [0.15, 0.2) is 0 Å². The molecule has 0 radical (unpaired) electrons. The molecule has 9 heteroatoms. The lowest BCUT2D eigenvalue weighted by molar-refractivity contribution is -0.159. The summed E-state index contributed by atoms with van der Waals surface area (Å²) < 4.78 is 49.9. The maximum Gasteiger partial charge on any atom is 0.471 e. The Labute approximate surface area is 170 Å². The first-order chi connectivity index (χ1) is 14.3. The van der Waals surface area contributed by atoms with E-state index in [4.69, 9.17) is 4.52 Å². The highest BCUT2D eigenvalue weighted by atomic mass is 19.4. The molecule has 4 rings (SSSR count). The first-order valence-corrected chi connectivity index (χ1v) is 9.74. The van der Waals surface area contributed by atoms with Gasteiger partial charge >= 0.3 is 12.1 Å². The van der Waals surface area contributed by atoms with Gasteiger partial charge < -0.3 is 13.6 Å². The van der Waals surface area contributed by atoms with Crippen molar-refractivity contribution in [1.82, 2.24) is 19.9 Å². The van der Waals surface area contributed by atoms with Crippen LogP contribution in [-0.4, -0.2) is 19.9 Å². The lowest BCUT2D eigenvalue weighted by Gasteiger charge is -2.08. The topological polar surface area (TPSA) is 69.9 Å². The van der Waals surface area contributed by atoms with E-state index in [1.54, 1.807) is 12.1 Å². The first-order valence-electron chi connectivity index (χ1n) is 9.74. The third kappa shape index (κ3) is 4.24. The Balaban J connectivity index is 1.42. The minimum Gasteiger partial charge on any atom is -0.361 e. The number of aromatic nitrogens is 4. The van der Waals surface area contributed by atoms with Crippen molar-refractivity contribution in [3.63, 3.8) is 0 Å². The lowest BCUT2D eigenvalue weighted by Crippen LogP contribution is -2.04. The Hall–Kier alpha value is -3.10. The molecular formula is C21H21F3N4O2. The Kier molecular flexibility index (Phi) is 5.36. The Morgan fingerprint density at radius 2 is 1.83 bits per heavy atom. The number of unbranched alkanes of at least 4 members (excludes halogenated alkanes) is 2. The zero-order valence-electron chi connectivity index (χ0n) is 16.7. The molecule has 0 atom stereocenters. The minimum atomic E-state index is -4.65. The van der Waals surface area contributed by atoms with Gasteiger partial charge in [0.2, 0.25) is 5.82 Å². The van der Waals surface area contributed by atoms with Crippen LogP contribution in [0.15, 0.2) is 39.5 Å². The number of benzene rings is 1. The maximum atomic E-state index is 12.7. The third-order valence-corrected chi connectivity index (χ3v) is 4.98. The van der Waals surface area contributed by atoms with E-state index in [1.807, 2.05) is 32.2 Å². The van der Waals surface area contributed by atoms with E-state index in [0.717, 1.165) is 60.1 Å². The molecule has 0 saturated heterocycles. The molecule has 3 aromatic heterocycles. The van der Waals surface area contributed by atoms with Crippen molar-refractivity contribution in [2.24, 2.45) is 0 Å². The maximum absolute atomic E-state index is 12.7. The average molecular weight is 418 g/mol. The van der Waals surface area contributed by atoms with Crippen LogP contribution in [0.3, 0.4) is 0 Å². The summed E-state index contributed by atoms with van der Waals surface area (Å²) in [4.78, 5) is 3.48. The van der Waals surface area contributed by atoms with E-state index in [9.17, 15) is 13.2 Å². The molecule has 0 aliphatic rings. The van der Waals surface area contributed by atoms with Crippen molar-refractivity contribution >= 4 is 10.9 Å². The fourth-order valence-electron chi connectivity index (χ4n) is 3.63. The molecule has 0 aliphatic heterocycles. The second-order valence-corrected chi connectivity index (χ2v) is 7.41. The number of halogens is 3. The standard InChI is InChI=1S/C21H21F3N4O2/c1-13-10-16(19-25-20(30-27-19)21(22,23)24)12-15-7-9-28(18(13)15)8-5-3-4-6-17-11-14(2)26-29-17/h7,9-12H,3-6,8H2,1-2H3. The zero-order valence-corrected chi connectivity index (χ0v) is 16.7. The lowest BCUT2D eigenvalue weighted by atomic mass is 10.1. The Morgan fingerprint density at radius 1 is 1.00 bits per heavy atom. The molecule has 1 aromatic carbocycles. The Bertz CT molecular complexity index is 1160. The molecule has 158 valence electrons. The van der Waals surface area contributed by atoms with E-state index in [2.05, 4.69) is 24.4 Å². The van der Waals surface area contributed by atoms with Gasteiger partial charge in [-0.05, 0) is 50.5 Å². The Morgan fingerprint density at radius 3 is 2.53 bits per heavy atom. The minimum absolute atomic E-state index is 0.0669. The highest BCUT2D eigenvalue weighted by Gasteiger charge is 2.38. The van der Waals surface area contributed by atoms with Gasteiger partial charge in [0.05, 0.1) is 11.2 Å². The van der Waals surface area contributed by atoms with Gasteiger partial charge in [-0.15, -0.1) is 0 Å². The van der Waals surface area contributed by atoms with Gasteiger partial charge in [0.1, 0.15) is 5.76 Å². The third-order valence-electron chi connectivity index (χ3n) is 4.98. The molecular weight excluding hydrogens is 397 g/mol. The summed E-state index contributed by atoms with van der Waals surface area (Å²) in [5.41, 5.74) is 3.40. The van der Waals surface area contributed by atoms with E-state index < -0.39 is 12.1 Å². The number of alkyl halides is 3. The predicted molar refractivity (Wildman–Crippen MR) is 104 cm³/mol. The van der Waals surface area contributed by atoms with Gasteiger partial charge in [-0.25, -0.2) is 0 Å². The van der Waals surface area contributed by atoms with Crippen molar-refractivity contribution in [1.29, 1.82) is 0 Å². The molecule has 0 N–H and O–H groups in total. The summed E-state index contributed by atoms with van der Waals surface area (Å²) in [7, 11) is 0. The highest BCUT2D eigenvalue weighted by Crippen LogP contribution is 2.31. The second kappa shape index (κ2) is 7.97. The van der Waals surface area contributed by atoms with Crippen LogP contribution in [0.5, 0.6) is 0 Å². The van der Waals surface area contributed by atoms with E-state index in [1.165, 1.54) is 0 Å².